The number of hydrogen-bond donors (Lipinski definition) is 1. The Hall–Kier alpha value is -1.36. The summed E-state index contributed by atoms with van der Waals surface area (Å²) in [5.74, 6) is -0.134. The monoisotopic (exact) mass is 317 g/mol. The summed E-state index contributed by atoms with van der Waals surface area (Å²) >= 11 is 17.4. The summed E-state index contributed by atoms with van der Waals surface area (Å²) in [6.45, 7) is 0. The standard InChI is InChI=1S/C12H7Cl3FN3/c13-8-5-9(14)12(18-11(8)15)19-17-6-7-3-1-2-4-10(7)16/h1-6H,(H,18,19)/b17-6-. The van der Waals surface area contributed by atoms with Crippen LogP contribution in [0.3, 0.4) is 0 Å². The lowest BCUT2D eigenvalue weighted by molar-refractivity contribution is 0.626. The predicted molar refractivity (Wildman–Crippen MR) is 76.9 cm³/mol. The van der Waals surface area contributed by atoms with Crippen LogP contribution < -0.4 is 5.43 Å². The first-order chi connectivity index (χ1) is 9.08. The first-order valence-corrected chi connectivity index (χ1v) is 6.26. The Kier molecular flexibility index (Phi) is 4.58. The average Bonchev–Trinajstić information content (AvgIpc) is 2.38. The summed E-state index contributed by atoms with van der Waals surface area (Å²) in [5, 5.41) is 4.46. The van der Waals surface area contributed by atoms with Crippen LogP contribution >= 0.6 is 34.8 Å². The third-order valence-electron chi connectivity index (χ3n) is 2.17. The largest absolute Gasteiger partial charge is 0.260 e. The first kappa shape index (κ1) is 14.1. The molecule has 2 aromatic rings. The van der Waals surface area contributed by atoms with E-state index in [1.807, 2.05) is 0 Å². The highest BCUT2D eigenvalue weighted by molar-refractivity contribution is 6.42. The Morgan fingerprint density at radius 1 is 1.16 bits per heavy atom. The molecule has 0 atom stereocenters. The molecule has 1 aromatic heterocycles. The molecule has 3 nitrogen and oxygen atoms in total. The predicted octanol–water partition coefficient (Wildman–Crippen LogP) is 4.63. The van der Waals surface area contributed by atoms with E-state index >= 15 is 0 Å². The summed E-state index contributed by atoms with van der Waals surface area (Å²) in [6.07, 6.45) is 1.32. The highest BCUT2D eigenvalue weighted by Gasteiger charge is 2.06. The van der Waals surface area contributed by atoms with Gasteiger partial charge in [0.15, 0.2) is 5.82 Å². The molecule has 0 saturated heterocycles. The molecule has 2 rings (SSSR count). The van der Waals surface area contributed by atoms with E-state index < -0.39 is 0 Å². The molecular weight excluding hydrogens is 312 g/mol. The van der Waals surface area contributed by atoms with Crippen LogP contribution in [0, 0.1) is 5.82 Å². The fourth-order valence-corrected chi connectivity index (χ4v) is 1.81. The molecule has 0 fully saturated rings. The van der Waals surface area contributed by atoms with Crippen molar-refractivity contribution in [2.75, 3.05) is 5.43 Å². The lowest BCUT2D eigenvalue weighted by Gasteiger charge is -2.04. The maximum atomic E-state index is 13.3. The number of benzene rings is 1. The molecule has 0 unspecified atom stereocenters. The van der Waals surface area contributed by atoms with E-state index in [4.69, 9.17) is 34.8 Å². The summed E-state index contributed by atoms with van der Waals surface area (Å²) in [4.78, 5) is 3.91. The van der Waals surface area contributed by atoms with Gasteiger partial charge >= 0.3 is 0 Å². The maximum Gasteiger partial charge on any atom is 0.166 e. The third kappa shape index (κ3) is 3.56. The second kappa shape index (κ2) is 6.19. The van der Waals surface area contributed by atoms with Gasteiger partial charge in [0, 0.05) is 5.56 Å². The van der Waals surface area contributed by atoms with Gasteiger partial charge in [0.05, 0.1) is 16.3 Å². The Balaban J connectivity index is 2.15. The van der Waals surface area contributed by atoms with Crippen molar-refractivity contribution >= 4 is 46.8 Å². The van der Waals surface area contributed by atoms with E-state index in [1.165, 1.54) is 18.3 Å². The van der Waals surface area contributed by atoms with Crippen molar-refractivity contribution in [3.8, 4) is 0 Å². The van der Waals surface area contributed by atoms with Crippen LogP contribution in [0.25, 0.3) is 0 Å². The van der Waals surface area contributed by atoms with Gasteiger partial charge in [-0.1, -0.05) is 53.0 Å². The van der Waals surface area contributed by atoms with Crippen LogP contribution in [0.5, 0.6) is 0 Å². The average molecular weight is 319 g/mol. The number of halogens is 4. The van der Waals surface area contributed by atoms with Crippen LogP contribution in [-0.4, -0.2) is 11.2 Å². The molecule has 1 heterocycles. The van der Waals surface area contributed by atoms with Crippen LogP contribution in [0.2, 0.25) is 15.2 Å². The lowest BCUT2D eigenvalue weighted by atomic mass is 10.2. The van der Waals surface area contributed by atoms with Gasteiger partial charge in [-0.2, -0.15) is 5.10 Å². The molecule has 0 aliphatic carbocycles. The molecule has 0 amide bonds. The van der Waals surface area contributed by atoms with Crippen molar-refractivity contribution in [3.63, 3.8) is 0 Å². The van der Waals surface area contributed by atoms with Gasteiger partial charge in [0.25, 0.3) is 0 Å². The smallest absolute Gasteiger partial charge is 0.166 e. The van der Waals surface area contributed by atoms with E-state index in [2.05, 4.69) is 15.5 Å². The third-order valence-corrected chi connectivity index (χ3v) is 3.13. The van der Waals surface area contributed by atoms with E-state index in [0.29, 0.717) is 5.56 Å². The molecule has 19 heavy (non-hydrogen) atoms. The highest BCUT2D eigenvalue weighted by atomic mass is 35.5. The summed E-state index contributed by atoms with van der Waals surface area (Å²) < 4.78 is 13.3. The van der Waals surface area contributed by atoms with Gasteiger partial charge in [0.1, 0.15) is 11.0 Å². The molecule has 7 heteroatoms. The van der Waals surface area contributed by atoms with Gasteiger partial charge in [-0.15, -0.1) is 0 Å². The van der Waals surface area contributed by atoms with Gasteiger partial charge < -0.3 is 0 Å². The molecule has 1 N–H and O–H groups in total. The Bertz CT molecular complexity index is 632. The van der Waals surface area contributed by atoms with E-state index in [1.54, 1.807) is 18.2 Å². The molecule has 0 aliphatic heterocycles. The van der Waals surface area contributed by atoms with Crippen LogP contribution in [-0.2, 0) is 0 Å². The number of aromatic nitrogens is 1. The summed E-state index contributed by atoms with van der Waals surface area (Å²) in [6, 6.07) is 7.67. The minimum atomic E-state index is -0.374. The van der Waals surface area contributed by atoms with Crippen LogP contribution in [0.1, 0.15) is 5.56 Å². The number of nitrogens with one attached hydrogen (secondary N) is 1. The second-order valence-corrected chi connectivity index (χ2v) is 4.66. The summed E-state index contributed by atoms with van der Waals surface area (Å²) in [7, 11) is 0. The molecule has 0 radical (unpaired) electrons. The molecule has 0 saturated carbocycles. The second-order valence-electron chi connectivity index (χ2n) is 3.48. The van der Waals surface area contributed by atoms with Crippen molar-refractivity contribution in [3.05, 3.63) is 56.9 Å². The van der Waals surface area contributed by atoms with E-state index in [9.17, 15) is 4.39 Å². The number of hydrazone groups is 1. The van der Waals surface area contributed by atoms with Crippen molar-refractivity contribution < 1.29 is 4.39 Å². The minimum absolute atomic E-state index is 0.106. The molecular formula is C12H7Cl3FN3. The van der Waals surface area contributed by atoms with Crippen molar-refractivity contribution in [1.82, 2.24) is 4.98 Å². The van der Waals surface area contributed by atoms with Gasteiger partial charge in [0.2, 0.25) is 0 Å². The minimum Gasteiger partial charge on any atom is -0.260 e. The number of anilines is 1. The zero-order valence-corrected chi connectivity index (χ0v) is 11.6. The molecule has 0 aliphatic rings. The Morgan fingerprint density at radius 3 is 2.63 bits per heavy atom. The van der Waals surface area contributed by atoms with Crippen molar-refractivity contribution in [2.24, 2.45) is 5.10 Å². The topological polar surface area (TPSA) is 37.3 Å². The molecule has 98 valence electrons. The van der Waals surface area contributed by atoms with Gasteiger partial charge in [-0.05, 0) is 12.1 Å². The van der Waals surface area contributed by atoms with Crippen molar-refractivity contribution in [2.45, 2.75) is 0 Å². The highest BCUT2D eigenvalue weighted by Crippen LogP contribution is 2.28. The van der Waals surface area contributed by atoms with E-state index in [0.717, 1.165) is 0 Å². The molecule has 1 aromatic carbocycles. The molecule has 0 bridgehead atoms. The zero-order valence-electron chi connectivity index (χ0n) is 9.37. The number of nitrogens with zero attached hydrogens (tertiary/aromatic N) is 2. The fourth-order valence-electron chi connectivity index (χ4n) is 1.27. The summed E-state index contributed by atoms with van der Waals surface area (Å²) in [5.41, 5.74) is 2.91. The first-order valence-electron chi connectivity index (χ1n) is 5.13. The maximum absolute atomic E-state index is 13.3. The van der Waals surface area contributed by atoms with Crippen LogP contribution in [0.15, 0.2) is 35.4 Å². The zero-order chi connectivity index (χ0) is 13.8. The number of rotatable bonds is 3. The molecule has 0 spiro atoms. The van der Waals surface area contributed by atoms with E-state index in [-0.39, 0.29) is 26.8 Å². The number of hydrogen-bond acceptors (Lipinski definition) is 3. The number of pyridine rings is 1. The lowest BCUT2D eigenvalue weighted by Crippen LogP contribution is -1.96. The Morgan fingerprint density at radius 2 is 1.89 bits per heavy atom. The Labute approximate surface area is 124 Å². The SMILES string of the molecule is Fc1ccccc1/C=N\Nc1nc(Cl)c(Cl)cc1Cl. The fraction of sp³-hybridized carbons (Fsp3) is 0. The quantitative estimate of drug-likeness (QED) is 0.509. The van der Waals surface area contributed by atoms with Gasteiger partial charge in [-0.25, -0.2) is 9.37 Å². The normalized spacial score (nSPS) is 10.9. The van der Waals surface area contributed by atoms with Gasteiger partial charge in [-0.3, -0.25) is 5.43 Å². The van der Waals surface area contributed by atoms with Crippen LogP contribution in [0.4, 0.5) is 10.2 Å². The van der Waals surface area contributed by atoms with Crippen molar-refractivity contribution in [1.29, 1.82) is 0 Å².